The number of aromatic nitrogens is 1. The lowest BCUT2D eigenvalue weighted by Crippen LogP contribution is -2.40. The topological polar surface area (TPSA) is 45.3 Å². The minimum atomic E-state index is -0.576. The zero-order chi connectivity index (χ0) is 21.7. The Kier molecular flexibility index (Phi) is 5.28. The van der Waals surface area contributed by atoms with Crippen LogP contribution in [-0.2, 0) is 6.42 Å². The average molecular weight is 520 g/mol. The fourth-order valence-corrected chi connectivity index (χ4v) is 5.93. The van der Waals surface area contributed by atoms with E-state index < -0.39 is 5.82 Å². The standard InChI is InChI=1S/C23H17BrClFN2O2S/c1-30-14-3-5-19-16(10-14)15-6-7-28(23(29)17-9-13(25)2-4-18(17)26)22(21(15)27-19)20-8-12(24)11-31-20/h2-5,8-11,22,27H,6-7H2,1H3/t22-/m0/s1. The van der Waals surface area contributed by atoms with Crippen LogP contribution in [0.15, 0.2) is 52.3 Å². The summed E-state index contributed by atoms with van der Waals surface area (Å²) in [5.74, 6) is -0.173. The predicted octanol–water partition coefficient (Wildman–Crippen LogP) is 6.58. The van der Waals surface area contributed by atoms with Crippen LogP contribution in [0.3, 0.4) is 0 Å². The van der Waals surface area contributed by atoms with E-state index in [1.54, 1.807) is 23.3 Å². The van der Waals surface area contributed by atoms with Gasteiger partial charge in [-0.25, -0.2) is 4.39 Å². The van der Waals surface area contributed by atoms with Crippen LogP contribution in [0.25, 0.3) is 10.9 Å². The normalized spacial score (nSPS) is 15.9. The van der Waals surface area contributed by atoms with Gasteiger partial charge in [0.15, 0.2) is 0 Å². The van der Waals surface area contributed by atoms with E-state index in [2.05, 4.69) is 20.9 Å². The smallest absolute Gasteiger partial charge is 0.257 e. The Morgan fingerprint density at radius 1 is 1.29 bits per heavy atom. The third-order valence-electron chi connectivity index (χ3n) is 5.61. The summed E-state index contributed by atoms with van der Waals surface area (Å²) >= 11 is 11.1. The number of thiophene rings is 1. The number of methoxy groups -OCH3 is 1. The molecule has 0 fully saturated rings. The highest BCUT2D eigenvalue weighted by molar-refractivity contribution is 9.10. The highest BCUT2D eigenvalue weighted by atomic mass is 79.9. The number of nitrogens with zero attached hydrogens (tertiary/aromatic N) is 1. The fourth-order valence-electron chi connectivity index (χ4n) is 4.20. The molecule has 0 radical (unpaired) electrons. The number of carbonyl (C=O) groups is 1. The summed E-state index contributed by atoms with van der Waals surface area (Å²) in [7, 11) is 1.65. The Morgan fingerprint density at radius 3 is 2.87 bits per heavy atom. The van der Waals surface area contributed by atoms with Crippen LogP contribution in [-0.4, -0.2) is 29.4 Å². The maximum Gasteiger partial charge on any atom is 0.257 e. The molecule has 3 heterocycles. The van der Waals surface area contributed by atoms with Crippen molar-refractivity contribution in [3.8, 4) is 5.75 Å². The van der Waals surface area contributed by atoms with E-state index in [-0.39, 0.29) is 17.5 Å². The molecule has 0 bridgehead atoms. The molecule has 1 amide bonds. The van der Waals surface area contributed by atoms with Gasteiger partial charge in [0.25, 0.3) is 5.91 Å². The second-order valence-corrected chi connectivity index (χ2v) is 9.67. The minimum Gasteiger partial charge on any atom is -0.497 e. The number of halogens is 3. The van der Waals surface area contributed by atoms with Gasteiger partial charge in [-0.15, -0.1) is 11.3 Å². The summed E-state index contributed by atoms with van der Waals surface area (Å²) in [5, 5.41) is 3.39. The second kappa shape index (κ2) is 7.97. The second-order valence-electron chi connectivity index (χ2n) is 7.37. The fraction of sp³-hybridized carbons (Fsp3) is 0.174. The molecule has 1 N–H and O–H groups in total. The van der Waals surface area contributed by atoms with Gasteiger partial charge in [0.1, 0.15) is 17.6 Å². The number of carbonyl (C=O) groups excluding carboxylic acids is 1. The molecule has 0 spiro atoms. The van der Waals surface area contributed by atoms with Gasteiger partial charge < -0.3 is 14.6 Å². The lowest BCUT2D eigenvalue weighted by Gasteiger charge is -2.35. The number of benzene rings is 2. The van der Waals surface area contributed by atoms with Gasteiger partial charge in [0.2, 0.25) is 0 Å². The zero-order valence-electron chi connectivity index (χ0n) is 16.4. The number of aromatic amines is 1. The largest absolute Gasteiger partial charge is 0.497 e. The molecule has 0 saturated heterocycles. The maximum atomic E-state index is 14.5. The monoisotopic (exact) mass is 518 g/mol. The van der Waals surface area contributed by atoms with Crippen molar-refractivity contribution in [1.29, 1.82) is 0 Å². The van der Waals surface area contributed by atoms with Gasteiger partial charge in [-0.2, -0.15) is 0 Å². The molecule has 0 saturated carbocycles. The highest BCUT2D eigenvalue weighted by Gasteiger charge is 2.36. The quantitative estimate of drug-likeness (QED) is 0.332. The first kappa shape index (κ1) is 20.5. The van der Waals surface area contributed by atoms with E-state index in [1.165, 1.54) is 18.2 Å². The molecule has 8 heteroatoms. The van der Waals surface area contributed by atoms with Crippen molar-refractivity contribution >= 4 is 55.7 Å². The van der Waals surface area contributed by atoms with Crippen molar-refractivity contribution < 1.29 is 13.9 Å². The molecule has 4 aromatic rings. The number of hydrogen-bond acceptors (Lipinski definition) is 3. The van der Waals surface area contributed by atoms with Crippen molar-refractivity contribution in [3.05, 3.63) is 84.9 Å². The molecule has 2 aromatic carbocycles. The van der Waals surface area contributed by atoms with Gasteiger partial charge in [0, 0.05) is 42.9 Å². The van der Waals surface area contributed by atoms with E-state index >= 15 is 0 Å². The molecule has 2 aromatic heterocycles. The van der Waals surface area contributed by atoms with Crippen LogP contribution in [0.4, 0.5) is 4.39 Å². The molecule has 31 heavy (non-hydrogen) atoms. The molecular formula is C23H17BrClFN2O2S. The summed E-state index contributed by atoms with van der Waals surface area (Å²) in [5.41, 5.74) is 3.06. The highest BCUT2D eigenvalue weighted by Crippen LogP contribution is 2.42. The Balaban J connectivity index is 1.67. The Hall–Kier alpha value is -2.35. The van der Waals surface area contributed by atoms with Crippen molar-refractivity contribution in [3.63, 3.8) is 0 Å². The summed E-state index contributed by atoms with van der Waals surface area (Å²) in [4.78, 5) is 19.7. The van der Waals surface area contributed by atoms with E-state index in [0.29, 0.717) is 18.0 Å². The molecule has 0 unspecified atom stereocenters. The summed E-state index contributed by atoms with van der Waals surface area (Å²) in [6.07, 6.45) is 0.652. The van der Waals surface area contributed by atoms with Crippen LogP contribution < -0.4 is 4.74 Å². The van der Waals surface area contributed by atoms with Gasteiger partial charge in [-0.3, -0.25) is 4.79 Å². The number of rotatable bonds is 3. The summed E-state index contributed by atoms with van der Waals surface area (Å²) in [6, 6.07) is 11.6. The Labute approximate surface area is 195 Å². The van der Waals surface area contributed by atoms with Crippen LogP contribution in [0.1, 0.15) is 32.5 Å². The summed E-state index contributed by atoms with van der Waals surface area (Å²) < 4.78 is 20.9. The predicted molar refractivity (Wildman–Crippen MR) is 125 cm³/mol. The van der Waals surface area contributed by atoms with E-state index in [4.69, 9.17) is 16.3 Å². The van der Waals surface area contributed by atoms with E-state index in [9.17, 15) is 9.18 Å². The van der Waals surface area contributed by atoms with Crippen LogP contribution in [0.2, 0.25) is 5.02 Å². The number of fused-ring (bicyclic) bond motifs is 3. The molecule has 0 aliphatic carbocycles. The number of amides is 1. The van der Waals surface area contributed by atoms with Crippen LogP contribution in [0, 0.1) is 5.82 Å². The van der Waals surface area contributed by atoms with E-state index in [1.807, 2.05) is 29.6 Å². The first-order valence-corrected chi connectivity index (χ1v) is 11.7. The van der Waals surface area contributed by atoms with Gasteiger partial charge in [0.05, 0.1) is 12.7 Å². The molecule has 158 valence electrons. The number of nitrogens with one attached hydrogen (secondary N) is 1. The lowest BCUT2D eigenvalue weighted by molar-refractivity contribution is 0.0690. The van der Waals surface area contributed by atoms with Crippen molar-refractivity contribution in [2.75, 3.05) is 13.7 Å². The zero-order valence-corrected chi connectivity index (χ0v) is 19.6. The molecule has 4 nitrogen and oxygen atoms in total. The van der Waals surface area contributed by atoms with Gasteiger partial charge in [-0.05, 0) is 70.4 Å². The van der Waals surface area contributed by atoms with Crippen LogP contribution >= 0.6 is 38.9 Å². The minimum absolute atomic E-state index is 0.0191. The molecule has 1 atom stereocenters. The number of ether oxygens (including phenoxy) is 1. The third kappa shape index (κ3) is 3.54. The SMILES string of the molecule is COc1ccc2[nH]c3c(c2c1)CCN(C(=O)c1cc(Cl)ccc1F)[C@H]3c1cc(Br)cs1. The number of H-pyrrole nitrogens is 1. The maximum absolute atomic E-state index is 14.5. The molecule has 1 aliphatic rings. The van der Waals surface area contributed by atoms with E-state index in [0.717, 1.165) is 37.3 Å². The summed E-state index contributed by atoms with van der Waals surface area (Å²) in [6.45, 7) is 0.460. The molecule has 1 aliphatic heterocycles. The van der Waals surface area contributed by atoms with Crippen molar-refractivity contribution in [1.82, 2.24) is 9.88 Å². The Bertz CT molecular complexity index is 1320. The van der Waals surface area contributed by atoms with Gasteiger partial charge in [-0.1, -0.05) is 11.6 Å². The van der Waals surface area contributed by atoms with Gasteiger partial charge >= 0.3 is 0 Å². The molecular weight excluding hydrogens is 503 g/mol. The lowest BCUT2D eigenvalue weighted by atomic mass is 9.95. The first-order valence-electron chi connectivity index (χ1n) is 9.64. The number of hydrogen-bond donors (Lipinski definition) is 1. The van der Waals surface area contributed by atoms with Crippen LogP contribution in [0.5, 0.6) is 5.75 Å². The van der Waals surface area contributed by atoms with Crippen molar-refractivity contribution in [2.24, 2.45) is 0 Å². The average Bonchev–Trinajstić information content (AvgIpc) is 3.36. The first-order chi connectivity index (χ1) is 15.0. The molecule has 5 rings (SSSR count). The van der Waals surface area contributed by atoms with Crippen molar-refractivity contribution in [2.45, 2.75) is 12.5 Å². The Morgan fingerprint density at radius 2 is 2.13 bits per heavy atom. The third-order valence-corrected chi connectivity index (χ3v) is 7.59.